The first-order valence-electron chi connectivity index (χ1n) is 15.2. The lowest BCUT2D eigenvalue weighted by atomic mass is 9.94. The molecular formula is C37H33ClN6OS. The van der Waals surface area contributed by atoms with Gasteiger partial charge in [-0.25, -0.2) is 4.68 Å². The van der Waals surface area contributed by atoms with E-state index in [2.05, 4.69) is 63.9 Å². The van der Waals surface area contributed by atoms with Crippen LogP contribution in [0.4, 0.5) is 11.6 Å². The predicted octanol–water partition coefficient (Wildman–Crippen LogP) is 8.77. The number of fused-ring (bicyclic) bond motifs is 2. The number of rotatable bonds is 8. The Hall–Kier alpha value is -4.79. The van der Waals surface area contributed by atoms with Crippen molar-refractivity contribution in [1.82, 2.24) is 19.3 Å². The third kappa shape index (κ3) is 5.70. The van der Waals surface area contributed by atoms with E-state index >= 15 is 0 Å². The first-order chi connectivity index (χ1) is 22.4. The van der Waals surface area contributed by atoms with Crippen LogP contribution in [0.1, 0.15) is 40.8 Å². The standard InChI is InChI=1S/C37H33ClN6OS/c1-23-12-11-18-31(24(23)2)40-35(45)33-25(3)39-36-41-37(46-22-27-15-7-9-17-30(27)38)42-44(36)34(33)29-21-43(20-26-13-5-4-6-14-26)32-19-10-8-16-28(29)32/h4-19,21,34H,20,22H2,1-3H3,(H,40,45)(H,39,41,42). The third-order valence-corrected chi connectivity index (χ3v) is 9.81. The predicted molar refractivity (Wildman–Crippen MR) is 188 cm³/mol. The summed E-state index contributed by atoms with van der Waals surface area (Å²) < 4.78 is 4.11. The number of anilines is 2. The molecule has 230 valence electrons. The fraction of sp³-hybridized carbons (Fsp3) is 0.162. The van der Waals surface area contributed by atoms with Gasteiger partial charge in [0.05, 0.1) is 5.57 Å². The average Bonchev–Trinajstić information content (AvgIpc) is 3.63. The van der Waals surface area contributed by atoms with Gasteiger partial charge in [-0.1, -0.05) is 102 Å². The van der Waals surface area contributed by atoms with Crippen LogP contribution in [-0.4, -0.2) is 25.2 Å². The molecule has 0 saturated heterocycles. The Labute approximate surface area is 277 Å². The van der Waals surface area contributed by atoms with Gasteiger partial charge in [-0.3, -0.25) is 4.79 Å². The number of hydrogen-bond donors (Lipinski definition) is 2. The molecule has 1 aliphatic heterocycles. The summed E-state index contributed by atoms with van der Waals surface area (Å²) in [6, 6.07) is 32.0. The summed E-state index contributed by atoms with van der Waals surface area (Å²) in [5.41, 5.74) is 8.53. The Morgan fingerprint density at radius 2 is 1.70 bits per heavy atom. The molecule has 0 radical (unpaired) electrons. The van der Waals surface area contributed by atoms with E-state index in [1.54, 1.807) is 0 Å². The lowest BCUT2D eigenvalue weighted by Crippen LogP contribution is -2.31. The molecule has 6 aromatic rings. The van der Waals surface area contributed by atoms with E-state index in [4.69, 9.17) is 21.7 Å². The Kier molecular flexibility index (Phi) is 8.15. The van der Waals surface area contributed by atoms with Crippen molar-refractivity contribution in [2.45, 2.75) is 44.3 Å². The van der Waals surface area contributed by atoms with Crippen LogP contribution >= 0.6 is 23.4 Å². The van der Waals surface area contributed by atoms with E-state index in [1.165, 1.54) is 17.3 Å². The van der Waals surface area contributed by atoms with Gasteiger partial charge in [0.1, 0.15) is 6.04 Å². The number of para-hydroxylation sites is 1. The van der Waals surface area contributed by atoms with Crippen LogP contribution in [0.3, 0.4) is 0 Å². The van der Waals surface area contributed by atoms with Gasteiger partial charge in [0.25, 0.3) is 5.91 Å². The molecule has 0 aliphatic carbocycles. The van der Waals surface area contributed by atoms with Crippen molar-refractivity contribution in [2.24, 2.45) is 0 Å². The highest BCUT2D eigenvalue weighted by atomic mass is 35.5. The van der Waals surface area contributed by atoms with Gasteiger partial charge in [0.15, 0.2) is 0 Å². The van der Waals surface area contributed by atoms with E-state index in [-0.39, 0.29) is 5.91 Å². The second kappa shape index (κ2) is 12.5. The Morgan fingerprint density at radius 3 is 2.52 bits per heavy atom. The van der Waals surface area contributed by atoms with Gasteiger partial charge < -0.3 is 15.2 Å². The van der Waals surface area contributed by atoms with Gasteiger partial charge in [-0.2, -0.15) is 4.98 Å². The summed E-state index contributed by atoms with van der Waals surface area (Å²) in [5, 5.41) is 14.0. The maximum absolute atomic E-state index is 14.3. The zero-order valence-electron chi connectivity index (χ0n) is 25.8. The van der Waals surface area contributed by atoms with Crippen LogP contribution in [0.5, 0.6) is 0 Å². The molecule has 4 aromatic carbocycles. The summed E-state index contributed by atoms with van der Waals surface area (Å²) in [7, 11) is 0. The first kappa shape index (κ1) is 29.9. The van der Waals surface area contributed by atoms with Crippen LogP contribution in [0.2, 0.25) is 5.02 Å². The van der Waals surface area contributed by atoms with Gasteiger partial charge in [0, 0.05) is 51.4 Å². The lowest BCUT2D eigenvalue weighted by molar-refractivity contribution is -0.113. The number of allylic oxidation sites excluding steroid dienone is 1. The molecule has 1 unspecified atom stereocenters. The molecular weight excluding hydrogens is 612 g/mol. The number of halogens is 1. The molecule has 1 atom stereocenters. The smallest absolute Gasteiger partial charge is 0.255 e. The number of amides is 1. The number of carbonyl (C=O) groups is 1. The number of benzene rings is 4. The topological polar surface area (TPSA) is 76.8 Å². The largest absolute Gasteiger partial charge is 0.343 e. The molecule has 0 saturated carbocycles. The molecule has 7 nitrogen and oxygen atoms in total. The summed E-state index contributed by atoms with van der Waals surface area (Å²) in [4.78, 5) is 19.2. The Bertz CT molecular complexity index is 2120. The monoisotopic (exact) mass is 644 g/mol. The van der Waals surface area contributed by atoms with Crippen LogP contribution in [0.25, 0.3) is 10.9 Å². The van der Waals surface area contributed by atoms with Gasteiger partial charge in [-0.15, -0.1) is 5.10 Å². The number of nitrogens with one attached hydrogen (secondary N) is 2. The third-order valence-electron chi connectivity index (χ3n) is 8.55. The van der Waals surface area contributed by atoms with Gasteiger partial charge >= 0.3 is 0 Å². The molecule has 1 amide bonds. The van der Waals surface area contributed by atoms with E-state index in [9.17, 15) is 4.79 Å². The number of thioether (sulfide) groups is 1. The molecule has 1 aliphatic rings. The zero-order chi connectivity index (χ0) is 31.8. The number of carbonyl (C=O) groups excluding carboxylic acids is 1. The van der Waals surface area contributed by atoms with Gasteiger partial charge in [0.2, 0.25) is 11.1 Å². The molecule has 2 N–H and O–H groups in total. The SMILES string of the molecule is CC1=C(C(=O)Nc2cccc(C)c2C)C(c2cn(Cc3ccccc3)c3ccccc23)n2nc(SCc3ccccc3Cl)nc2N1. The quantitative estimate of drug-likeness (QED) is 0.162. The first-order valence-corrected chi connectivity index (χ1v) is 16.5. The van der Waals surface area contributed by atoms with Crippen molar-refractivity contribution in [1.29, 1.82) is 0 Å². The van der Waals surface area contributed by atoms with E-state index in [0.717, 1.165) is 44.5 Å². The van der Waals surface area contributed by atoms with Crippen molar-refractivity contribution in [3.8, 4) is 0 Å². The van der Waals surface area contributed by atoms with Crippen molar-refractivity contribution in [2.75, 3.05) is 10.6 Å². The minimum Gasteiger partial charge on any atom is -0.343 e. The normalized spacial score (nSPS) is 14.3. The van der Waals surface area contributed by atoms with Crippen LogP contribution in [0, 0.1) is 13.8 Å². The molecule has 9 heteroatoms. The van der Waals surface area contributed by atoms with Crippen LogP contribution < -0.4 is 10.6 Å². The molecule has 7 rings (SSSR count). The van der Waals surface area contributed by atoms with Crippen molar-refractivity contribution in [3.63, 3.8) is 0 Å². The minimum atomic E-state index is -0.523. The fourth-order valence-electron chi connectivity index (χ4n) is 6.01. The molecule has 3 heterocycles. The Morgan fingerprint density at radius 1 is 0.935 bits per heavy atom. The number of hydrogen-bond acceptors (Lipinski definition) is 5. The van der Waals surface area contributed by atoms with E-state index < -0.39 is 6.04 Å². The molecule has 0 spiro atoms. The highest BCUT2D eigenvalue weighted by Crippen LogP contribution is 2.41. The number of aromatic nitrogens is 4. The van der Waals surface area contributed by atoms with E-state index in [0.29, 0.717) is 34.0 Å². The second-order valence-corrected chi connectivity index (χ2v) is 12.9. The average molecular weight is 645 g/mol. The van der Waals surface area contributed by atoms with Crippen molar-refractivity contribution in [3.05, 3.63) is 147 Å². The fourth-order valence-corrected chi connectivity index (χ4v) is 7.13. The van der Waals surface area contributed by atoms with Crippen molar-refractivity contribution >= 4 is 51.8 Å². The molecule has 2 aromatic heterocycles. The summed E-state index contributed by atoms with van der Waals surface area (Å²) >= 11 is 7.96. The summed E-state index contributed by atoms with van der Waals surface area (Å²) in [6.07, 6.45) is 2.16. The maximum atomic E-state index is 14.3. The van der Waals surface area contributed by atoms with Crippen molar-refractivity contribution < 1.29 is 4.79 Å². The van der Waals surface area contributed by atoms with Crippen LogP contribution in [-0.2, 0) is 17.1 Å². The van der Waals surface area contributed by atoms with E-state index in [1.807, 2.05) is 80.1 Å². The highest BCUT2D eigenvalue weighted by molar-refractivity contribution is 7.98. The minimum absolute atomic E-state index is 0.185. The zero-order valence-corrected chi connectivity index (χ0v) is 27.4. The van der Waals surface area contributed by atoms with Gasteiger partial charge in [-0.05, 0) is 61.2 Å². The lowest BCUT2D eigenvalue weighted by Gasteiger charge is -2.28. The highest BCUT2D eigenvalue weighted by Gasteiger charge is 2.36. The number of nitrogens with zero attached hydrogens (tertiary/aromatic N) is 4. The Balaban J connectivity index is 1.33. The number of aryl methyl sites for hydroxylation is 1. The summed E-state index contributed by atoms with van der Waals surface area (Å²) in [5.74, 6) is 1.03. The van der Waals surface area contributed by atoms with Crippen LogP contribution in [0.15, 0.2) is 120 Å². The molecule has 0 bridgehead atoms. The molecule has 46 heavy (non-hydrogen) atoms. The second-order valence-electron chi connectivity index (χ2n) is 11.5. The maximum Gasteiger partial charge on any atom is 0.255 e. The molecule has 0 fully saturated rings. The summed E-state index contributed by atoms with van der Waals surface area (Å²) in [6.45, 7) is 6.70.